The second-order valence-corrected chi connectivity index (χ2v) is 15.5. The summed E-state index contributed by atoms with van der Waals surface area (Å²) in [6.07, 6.45) is -0.200. The highest BCUT2D eigenvalue weighted by Gasteiger charge is 2.30. The molecule has 3 atom stereocenters. The Labute approximate surface area is 302 Å². The van der Waals surface area contributed by atoms with Crippen molar-refractivity contribution in [2.75, 3.05) is 0 Å². The van der Waals surface area contributed by atoms with Crippen LogP contribution in [-0.2, 0) is 0 Å². The number of benzene rings is 7. The van der Waals surface area contributed by atoms with Crippen LogP contribution >= 0.6 is 22.7 Å². The van der Waals surface area contributed by atoms with Crippen LogP contribution in [0.25, 0.3) is 73.4 Å². The van der Waals surface area contributed by atoms with E-state index in [2.05, 4.69) is 162 Å². The molecule has 1 fully saturated rings. The van der Waals surface area contributed by atoms with E-state index in [0.717, 1.165) is 27.5 Å². The molecule has 0 spiro atoms. The molecule has 0 radical (unpaired) electrons. The first-order valence-electron chi connectivity index (χ1n) is 17.4. The average molecular weight is 694 g/mol. The number of rotatable bonds is 4. The second-order valence-electron chi connectivity index (χ2n) is 13.4. The smallest absolute Gasteiger partial charge is 0.143 e. The summed E-state index contributed by atoms with van der Waals surface area (Å²) < 4.78 is 11.7. The zero-order valence-corrected chi connectivity index (χ0v) is 29.0. The summed E-state index contributed by atoms with van der Waals surface area (Å²) in [5.74, 6) is 0. The monoisotopic (exact) mass is 693 g/mol. The van der Waals surface area contributed by atoms with Gasteiger partial charge in [0.15, 0.2) is 0 Å². The SMILES string of the molecule is c1ccc(C2NC(c3ccc4c(c3)sc3ccccc34)NC(c3ccc4sc5cccc(-c6cccc7c6oc6ccccc67)c5c4c3)N2)cc1. The maximum atomic E-state index is 6.52. The Hall–Kier alpha value is -5.34. The van der Waals surface area contributed by atoms with Gasteiger partial charge in [0.05, 0.1) is 18.5 Å². The van der Waals surface area contributed by atoms with Crippen LogP contribution in [0.4, 0.5) is 0 Å². The van der Waals surface area contributed by atoms with E-state index < -0.39 is 0 Å². The van der Waals surface area contributed by atoms with Crippen LogP contribution in [0.1, 0.15) is 35.2 Å². The minimum Gasteiger partial charge on any atom is -0.455 e. The van der Waals surface area contributed by atoms with Crippen molar-refractivity contribution in [2.45, 2.75) is 18.5 Å². The Morgan fingerprint density at radius 1 is 0.392 bits per heavy atom. The van der Waals surface area contributed by atoms with E-state index in [-0.39, 0.29) is 18.5 Å². The Morgan fingerprint density at radius 2 is 1.00 bits per heavy atom. The lowest BCUT2D eigenvalue weighted by molar-refractivity contribution is 0.203. The van der Waals surface area contributed by atoms with Gasteiger partial charge in [-0.15, -0.1) is 22.7 Å². The van der Waals surface area contributed by atoms with E-state index >= 15 is 0 Å². The van der Waals surface area contributed by atoms with Crippen molar-refractivity contribution in [3.05, 3.63) is 168 Å². The molecule has 1 aliphatic rings. The number of fused-ring (bicyclic) bond motifs is 9. The standard InChI is InChI=1S/C45H31N3OS2/c1-2-10-26(11-3-1)43-46-44(48-45(47-43)28-20-22-31-30-13-5-7-18-37(30)51-40(31)25-28)27-21-23-38-35(24-27)41-32(14-9-19-39(41)50-38)34-16-8-15-33-29-12-4-6-17-36(29)49-42(33)34/h1-25,43-48H. The van der Waals surface area contributed by atoms with Crippen LogP contribution in [0.2, 0.25) is 0 Å². The molecule has 51 heavy (non-hydrogen) atoms. The van der Waals surface area contributed by atoms with Gasteiger partial charge >= 0.3 is 0 Å². The molecule has 244 valence electrons. The Balaban J connectivity index is 1.04. The van der Waals surface area contributed by atoms with Crippen LogP contribution in [-0.4, -0.2) is 0 Å². The van der Waals surface area contributed by atoms with Crippen LogP contribution in [0.5, 0.6) is 0 Å². The van der Waals surface area contributed by atoms with E-state index in [9.17, 15) is 0 Å². The van der Waals surface area contributed by atoms with Gasteiger partial charge in [-0.2, -0.15) is 0 Å². The Kier molecular flexibility index (Phi) is 6.69. The van der Waals surface area contributed by atoms with Gasteiger partial charge in [0, 0.05) is 56.7 Å². The molecule has 10 aromatic rings. The third kappa shape index (κ3) is 4.76. The maximum absolute atomic E-state index is 6.52. The highest BCUT2D eigenvalue weighted by atomic mass is 32.1. The van der Waals surface area contributed by atoms with Gasteiger partial charge in [0.1, 0.15) is 11.2 Å². The molecule has 1 aliphatic heterocycles. The van der Waals surface area contributed by atoms with E-state index in [1.807, 2.05) is 28.7 Å². The van der Waals surface area contributed by atoms with Gasteiger partial charge in [-0.1, -0.05) is 115 Å². The molecule has 7 aromatic carbocycles. The third-order valence-electron chi connectivity index (χ3n) is 10.4. The number of para-hydroxylation sites is 2. The lowest BCUT2D eigenvalue weighted by atomic mass is 9.96. The predicted octanol–water partition coefficient (Wildman–Crippen LogP) is 12.2. The molecule has 3 N–H and O–H groups in total. The van der Waals surface area contributed by atoms with Crippen LogP contribution in [0, 0.1) is 0 Å². The van der Waals surface area contributed by atoms with Crippen molar-refractivity contribution >= 4 is 85.0 Å². The first-order chi connectivity index (χ1) is 25.2. The first kappa shape index (κ1) is 29.4. The zero-order valence-electron chi connectivity index (χ0n) is 27.4. The van der Waals surface area contributed by atoms with Gasteiger partial charge in [0.25, 0.3) is 0 Å². The molecule has 4 heterocycles. The fourth-order valence-electron chi connectivity index (χ4n) is 8.00. The highest BCUT2D eigenvalue weighted by Crippen LogP contribution is 2.44. The van der Waals surface area contributed by atoms with Crippen molar-refractivity contribution in [3.8, 4) is 11.1 Å². The van der Waals surface area contributed by atoms with Gasteiger partial charge in [-0.25, -0.2) is 0 Å². The zero-order chi connectivity index (χ0) is 33.5. The van der Waals surface area contributed by atoms with Crippen LogP contribution in [0.3, 0.4) is 0 Å². The summed E-state index contributed by atoms with van der Waals surface area (Å²) in [5.41, 5.74) is 7.82. The molecule has 3 unspecified atom stereocenters. The molecular formula is C45H31N3OS2. The minimum atomic E-state index is -0.0927. The summed E-state index contributed by atoms with van der Waals surface area (Å²) in [6, 6.07) is 54.8. The highest BCUT2D eigenvalue weighted by molar-refractivity contribution is 7.26. The Morgan fingerprint density at radius 3 is 1.88 bits per heavy atom. The molecule has 3 aromatic heterocycles. The van der Waals surface area contributed by atoms with E-state index in [4.69, 9.17) is 4.42 Å². The first-order valence-corrected chi connectivity index (χ1v) is 19.0. The number of thiophene rings is 2. The second kappa shape index (κ2) is 11.6. The fourth-order valence-corrected chi connectivity index (χ4v) is 10.3. The fraction of sp³-hybridized carbons (Fsp3) is 0.0667. The molecule has 6 heteroatoms. The van der Waals surface area contributed by atoms with Gasteiger partial charge in [0.2, 0.25) is 0 Å². The summed E-state index contributed by atoms with van der Waals surface area (Å²) in [6.45, 7) is 0. The van der Waals surface area contributed by atoms with E-state index in [0.29, 0.717) is 0 Å². The van der Waals surface area contributed by atoms with Gasteiger partial charge < -0.3 is 4.42 Å². The van der Waals surface area contributed by atoms with Crippen molar-refractivity contribution in [3.63, 3.8) is 0 Å². The van der Waals surface area contributed by atoms with E-state index in [1.165, 1.54) is 62.6 Å². The number of hydrogen-bond acceptors (Lipinski definition) is 6. The summed E-state index contributed by atoms with van der Waals surface area (Å²) in [4.78, 5) is 0. The van der Waals surface area contributed by atoms with Crippen molar-refractivity contribution in [1.29, 1.82) is 0 Å². The van der Waals surface area contributed by atoms with E-state index in [1.54, 1.807) is 0 Å². The molecule has 0 saturated carbocycles. The Bertz CT molecular complexity index is 2940. The number of furan rings is 1. The number of nitrogens with one attached hydrogen (secondary N) is 3. The van der Waals surface area contributed by atoms with Crippen LogP contribution in [0.15, 0.2) is 156 Å². The molecule has 0 bridgehead atoms. The lowest BCUT2D eigenvalue weighted by Gasteiger charge is -2.39. The predicted molar refractivity (Wildman–Crippen MR) is 215 cm³/mol. The van der Waals surface area contributed by atoms with Gasteiger partial charge in [-0.05, 0) is 58.7 Å². The maximum Gasteiger partial charge on any atom is 0.143 e. The molecule has 0 amide bonds. The molecule has 0 aliphatic carbocycles. The summed E-state index contributed by atoms with van der Waals surface area (Å²) >= 11 is 3.71. The normalized spacial score (nSPS) is 18.2. The third-order valence-corrected chi connectivity index (χ3v) is 12.7. The van der Waals surface area contributed by atoms with Gasteiger partial charge in [-0.3, -0.25) is 16.0 Å². The quantitative estimate of drug-likeness (QED) is 0.172. The van der Waals surface area contributed by atoms with Crippen molar-refractivity contribution < 1.29 is 4.42 Å². The average Bonchev–Trinajstić information content (AvgIpc) is 3.88. The van der Waals surface area contributed by atoms with Crippen LogP contribution < -0.4 is 16.0 Å². The minimum absolute atomic E-state index is 0.0447. The molecule has 4 nitrogen and oxygen atoms in total. The summed E-state index contributed by atoms with van der Waals surface area (Å²) in [5, 5.41) is 19.2. The molecular weight excluding hydrogens is 663 g/mol. The topological polar surface area (TPSA) is 49.2 Å². The largest absolute Gasteiger partial charge is 0.455 e. The van der Waals surface area contributed by atoms with Crippen molar-refractivity contribution in [1.82, 2.24) is 16.0 Å². The molecule has 1 saturated heterocycles. The number of hydrogen-bond donors (Lipinski definition) is 3. The van der Waals surface area contributed by atoms with Crippen molar-refractivity contribution in [2.24, 2.45) is 0 Å². The summed E-state index contributed by atoms with van der Waals surface area (Å²) in [7, 11) is 0. The lowest BCUT2D eigenvalue weighted by Crippen LogP contribution is -2.54. The molecule has 11 rings (SSSR count).